The zero-order valence-electron chi connectivity index (χ0n) is 7.90. The third-order valence-electron chi connectivity index (χ3n) is 1.69. The Balaban J connectivity index is 3.98. The van der Waals surface area contributed by atoms with Crippen LogP contribution in [0.2, 0.25) is 0 Å². The van der Waals surface area contributed by atoms with Gasteiger partial charge in [0, 0.05) is 0 Å². The molecule has 0 aliphatic heterocycles. The minimum Gasteiger partial charge on any atom is -0.394 e. The van der Waals surface area contributed by atoms with Gasteiger partial charge in [-0.05, 0) is 5.92 Å². The molecule has 5 heteroatoms. The van der Waals surface area contributed by atoms with Gasteiger partial charge in [-0.2, -0.15) is 12.6 Å². The molecule has 0 aromatic carbocycles. The average Bonchev–Trinajstić information content (AvgIpc) is 2.12. The average molecular weight is 207 g/mol. The molecule has 13 heavy (non-hydrogen) atoms. The number of thiol groups is 1. The van der Waals surface area contributed by atoms with Crippen LogP contribution in [0.4, 0.5) is 0 Å². The fourth-order valence-corrected chi connectivity index (χ4v) is 0.813. The minimum atomic E-state index is -0.583. The molecule has 1 atom stereocenters. The number of hydrogen-bond acceptors (Lipinski definition) is 4. The van der Waals surface area contributed by atoms with Crippen LogP contribution in [0.25, 0.3) is 0 Å². The van der Waals surface area contributed by atoms with Crippen LogP contribution in [-0.4, -0.2) is 40.6 Å². The minimum absolute atomic E-state index is 0.126. The Morgan fingerprint density at radius 2 is 1.85 bits per heavy atom. The predicted molar refractivity (Wildman–Crippen MR) is 53.7 cm³/mol. The maximum Gasteiger partial charge on any atom is 0.233 e. The molecule has 0 rings (SSSR count). The smallest absolute Gasteiger partial charge is 0.233 e. The van der Waals surface area contributed by atoms with Gasteiger partial charge >= 0.3 is 0 Å². The molecule has 0 aromatic rings. The summed E-state index contributed by atoms with van der Waals surface area (Å²) in [5, 5.41) is 19.5. The van der Waals surface area contributed by atoms with Gasteiger partial charge in [0.2, 0.25) is 5.91 Å². The van der Waals surface area contributed by atoms with E-state index in [0.717, 1.165) is 0 Å². The van der Waals surface area contributed by atoms with Crippen molar-refractivity contribution in [1.82, 2.24) is 5.32 Å². The van der Waals surface area contributed by atoms with Gasteiger partial charge in [0.1, 0.15) is 0 Å². The van der Waals surface area contributed by atoms with Gasteiger partial charge < -0.3 is 15.5 Å². The van der Waals surface area contributed by atoms with Crippen molar-refractivity contribution in [3.05, 3.63) is 0 Å². The highest BCUT2D eigenvalue weighted by Gasteiger charge is 2.19. The largest absolute Gasteiger partial charge is 0.394 e. The topological polar surface area (TPSA) is 69.6 Å². The van der Waals surface area contributed by atoms with Crippen LogP contribution in [0.15, 0.2) is 0 Å². The van der Waals surface area contributed by atoms with E-state index in [-0.39, 0.29) is 25.0 Å². The van der Waals surface area contributed by atoms with Crippen LogP contribution < -0.4 is 5.32 Å². The second kappa shape index (κ2) is 6.23. The molecule has 0 bridgehead atoms. The summed E-state index contributed by atoms with van der Waals surface area (Å²) >= 11 is 4.10. The highest BCUT2D eigenvalue weighted by molar-refractivity contribution is 7.81. The van der Waals surface area contributed by atoms with E-state index in [4.69, 9.17) is 10.2 Å². The van der Waals surface area contributed by atoms with Crippen molar-refractivity contribution >= 4 is 18.5 Å². The first-order chi connectivity index (χ1) is 6.02. The van der Waals surface area contributed by atoms with Crippen molar-refractivity contribution in [2.45, 2.75) is 25.1 Å². The molecule has 0 fully saturated rings. The van der Waals surface area contributed by atoms with Crippen molar-refractivity contribution in [3.8, 4) is 0 Å². The van der Waals surface area contributed by atoms with Crippen molar-refractivity contribution in [1.29, 1.82) is 0 Å². The van der Waals surface area contributed by atoms with E-state index in [1.807, 2.05) is 13.8 Å². The number of aliphatic hydroxyl groups is 2. The molecule has 0 heterocycles. The number of aliphatic hydroxyl groups excluding tert-OH is 2. The van der Waals surface area contributed by atoms with Crippen molar-refractivity contribution in [3.63, 3.8) is 0 Å². The third kappa shape index (κ3) is 4.50. The van der Waals surface area contributed by atoms with E-state index in [1.54, 1.807) is 0 Å². The summed E-state index contributed by atoms with van der Waals surface area (Å²) in [6, 6.07) is -0.583. The van der Waals surface area contributed by atoms with E-state index < -0.39 is 11.3 Å². The molecular formula is C8H17NO3S. The first kappa shape index (κ1) is 12.7. The molecule has 0 saturated heterocycles. The van der Waals surface area contributed by atoms with Gasteiger partial charge in [0.25, 0.3) is 0 Å². The molecule has 0 aliphatic carbocycles. The normalized spacial score (nSPS) is 13.5. The number of nitrogens with one attached hydrogen (secondary N) is 1. The summed E-state index contributed by atoms with van der Waals surface area (Å²) in [6.07, 6.45) is 0. The number of amides is 1. The summed E-state index contributed by atoms with van der Waals surface area (Å²) in [5.41, 5.74) is 0. The Bertz CT molecular complexity index is 159. The van der Waals surface area contributed by atoms with E-state index in [9.17, 15) is 4.79 Å². The summed E-state index contributed by atoms with van der Waals surface area (Å²) in [5.74, 6) is -0.132. The molecule has 0 aromatic heterocycles. The molecule has 1 unspecified atom stereocenters. The third-order valence-corrected chi connectivity index (χ3v) is 2.52. The van der Waals surface area contributed by atoms with E-state index in [0.29, 0.717) is 0 Å². The first-order valence-corrected chi connectivity index (χ1v) is 4.74. The van der Waals surface area contributed by atoms with Crippen LogP contribution >= 0.6 is 12.6 Å². The van der Waals surface area contributed by atoms with Gasteiger partial charge in [0.05, 0.1) is 24.5 Å². The van der Waals surface area contributed by atoms with Gasteiger partial charge in [0.15, 0.2) is 0 Å². The lowest BCUT2D eigenvalue weighted by atomic mass is 10.1. The molecule has 78 valence electrons. The summed E-state index contributed by atoms with van der Waals surface area (Å²) in [6.45, 7) is 3.23. The van der Waals surface area contributed by atoms with Crippen molar-refractivity contribution in [2.24, 2.45) is 5.92 Å². The molecule has 0 spiro atoms. The first-order valence-electron chi connectivity index (χ1n) is 4.23. The predicted octanol–water partition coefficient (Wildman–Crippen LogP) is -0.590. The van der Waals surface area contributed by atoms with Gasteiger partial charge in [-0.1, -0.05) is 13.8 Å². The maximum atomic E-state index is 11.3. The van der Waals surface area contributed by atoms with Crippen LogP contribution in [0.3, 0.4) is 0 Å². The van der Waals surface area contributed by atoms with E-state index in [1.165, 1.54) is 0 Å². The van der Waals surface area contributed by atoms with Gasteiger partial charge in [-0.15, -0.1) is 0 Å². The zero-order chi connectivity index (χ0) is 10.4. The van der Waals surface area contributed by atoms with Crippen molar-refractivity contribution in [2.75, 3.05) is 13.2 Å². The molecule has 1 amide bonds. The highest BCUT2D eigenvalue weighted by Crippen LogP contribution is 2.08. The Morgan fingerprint density at radius 1 is 1.38 bits per heavy atom. The van der Waals surface area contributed by atoms with E-state index in [2.05, 4.69) is 17.9 Å². The monoisotopic (exact) mass is 207 g/mol. The fourth-order valence-electron chi connectivity index (χ4n) is 0.738. The van der Waals surface area contributed by atoms with Gasteiger partial charge in [-0.25, -0.2) is 0 Å². The number of rotatable bonds is 5. The number of carbonyl (C=O) groups excluding carboxylic acids is 1. The Labute approximate surface area is 83.7 Å². The number of carbonyl (C=O) groups is 1. The highest BCUT2D eigenvalue weighted by atomic mass is 32.1. The second-order valence-corrected chi connectivity index (χ2v) is 3.82. The Kier molecular flexibility index (Phi) is 6.11. The molecule has 3 N–H and O–H groups in total. The summed E-state index contributed by atoms with van der Waals surface area (Å²) < 4.78 is 0. The van der Waals surface area contributed by atoms with Crippen LogP contribution in [0.5, 0.6) is 0 Å². The van der Waals surface area contributed by atoms with E-state index >= 15 is 0 Å². The lowest BCUT2D eigenvalue weighted by molar-refractivity contribution is -0.122. The molecule has 0 saturated carbocycles. The zero-order valence-corrected chi connectivity index (χ0v) is 8.79. The standard InChI is InChI=1S/C8H17NO3S/c1-5(2)7(13)8(12)9-6(3-10)4-11/h5-7,10-11,13H,3-4H2,1-2H3,(H,9,12). The molecule has 4 nitrogen and oxygen atoms in total. The quantitative estimate of drug-likeness (QED) is 0.455. The Hall–Kier alpha value is -0.260. The lowest BCUT2D eigenvalue weighted by Gasteiger charge is -2.18. The van der Waals surface area contributed by atoms with Crippen LogP contribution in [0.1, 0.15) is 13.8 Å². The summed E-state index contributed by atoms with van der Waals surface area (Å²) in [4.78, 5) is 11.3. The maximum absolute atomic E-state index is 11.3. The van der Waals surface area contributed by atoms with Gasteiger partial charge in [-0.3, -0.25) is 4.79 Å². The van der Waals surface area contributed by atoms with Crippen molar-refractivity contribution < 1.29 is 15.0 Å². The SMILES string of the molecule is CC(C)C(S)C(=O)NC(CO)CO. The molecule has 0 aliphatic rings. The molecule has 0 radical (unpaired) electrons. The number of hydrogen-bond donors (Lipinski definition) is 4. The summed E-state index contributed by atoms with van der Waals surface area (Å²) in [7, 11) is 0. The fraction of sp³-hybridized carbons (Fsp3) is 0.875. The Morgan fingerprint density at radius 3 is 2.15 bits per heavy atom. The van der Waals surface area contributed by atoms with Crippen LogP contribution in [0, 0.1) is 5.92 Å². The molecular weight excluding hydrogens is 190 g/mol. The van der Waals surface area contributed by atoms with Crippen LogP contribution in [-0.2, 0) is 4.79 Å². The second-order valence-electron chi connectivity index (χ2n) is 3.26. The lowest BCUT2D eigenvalue weighted by Crippen LogP contribution is -2.44.